The Hall–Kier alpha value is -6.70. The highest BCUT2D eigenvalue weighted by molar-refractivity contribution is 7.13. The van der Waals surface area contributed by atoms with Crippen molar-refractivity contribution in [2.45, 2.75) is 130 Å². The largest absolute Gasteiger partial charge is 0.494 e. The number of β-amino-alcohol motifs (C(OH)–C–C–N with tert-alkyl or cyclic N) is 1. The van der Waals surface area contributed by atoms with Gasteiger partial charge in [-0.25, -0.2) is 15.3 Å². The molecule has 5 aromatic rings. The number of hydrogen-bond acceptors (Lipinski definition) is 12. The standard InChI is InChI=1S/C52H68N10O8S/c1-6-7-26-60(31-37-16-20-39(21-17-37)48(65)58-69)51(68)55-40-22-24-43(25-23-40)70-28-11-10-27-61-32-41(57-59-61)12-8-9-13-45(64)56-47(52(3,4)5)50(67)62-33-42(63)29-44(62)49(66)53-30-36-14-18-38(19-15-36)46-35(2)54-34-71-46/h14-25,32,34,42,44,47,63,69H,6-13,26-31,33H2,1-5H3,(H,53,66)(H,55,68)(H,56,64)(H,58,65)/t42-,44+,47-/m1/s1. The van der Waals surface area contributed by atoms with Crippen LogP contribution in [-0.4, -0.2) is 108 Å². The number of hydroxylamine groups is 1. The van der Waals surface area contributed by atoms with Gasteiger partial charge in [-0.1, -0.05) is 75.7 Å². The predicted molar refractivity (Wildman–Crippen MR) is 270 cm³/mol. The molecule has 0 spiro atoms. The number of nitrogens with one attached hydrogen (secondary N) is 4. The van der Waals surface area contributed by atoms with Gasteiger partial charge in [0.2, 0.25) is 17.7 Å². The Kier molecular flexibility index (Phi) is 19.6. The van der Waals surface area contributed by atoms with Crippen LogP contribution in [0.15, 0.2) is 84.5 Å². The number of hydrogen-bond donors (Lipinski definition) is 6. The topological polar surface area (TPSA) is 233 Å². The van der Waals surface area contributed by atoms with Gasteiger partial charge in [0.15, 0.2) is 0 Å². The van der Waals surface area contributed by atoms with E-state index < -0.39 is 35.4 Å². The normalized spacial score (nSPS) is 14.9. The fraction of sp³-hybridized carbons (Fsp3) is 0.462. The molecule has 1 fully saturated rings. The van der Waals surface area contributed by atoms with Crippen molar-refractivity contribution in [3.63, 3.8) is 0 Å². The summed E-state index contributed by atoms with van der Waals surface area (Å²) in [6, 6.07) is 19.9. The number of rotatable bonds is 24. The van der Waals surface area contributed by atoms with Gasteiger partial charge in [0.25, 0.3) is 5.91 Å². The number of amides is 6. The van der Waals surface area contributed by atoms with Crippen LogP contribution >= 0.6 is 11.3 Å². The highest BCUT2D eigenvalue weighted by atomic mass is 32.1. The number of carbonyl (C=O) groups is 5. The number of aryl methyl sites for hydroxylation is 3. The van der Waals surface area contributed by atoms with Gasteiger partial charge in [0, 0.05) is 63.0 Å². The second-order valence-corrected chi connectivity index (χ2v) is 19.9. The summed E-state index contributed by atoms with van der Waals surface area (Å²) in [5.41, 5.74) is 8.34. The van der Waals surface area contributed by atoms with Crippen molar-refractivity contribution in [1.82, 2.24) is 45.9 Å². The van der Waals surface area contributed by atoms with Crippen LogP contribution in [-0.2, 0) is 40.4 Å². The molecule has 2 aromatic heterocycles. The zero-order valence-electron chi connectivity index (χ0n) is 41.4. The molecule has 0 aliphatic carbocycles. The van der Waals surface area contributed by atoms with Crippen molar-refractivity contribution in [2.24, 2.45) is 5.41 Å². The number of nitrogens with zero attached hydrogens (tertiary/aromatic N) is 6. The summed E-state index contributed by atoms with van der Waals surface area (Å²) in [5, 5.41) is 36.9. The van der Waals surface area contributed by atoms with Crippen LogP contribution in [0.2, 0.25) is 0 Å². The number of aromatic nitrogens is 4. The predicted octanol–water partition coefficient (Wildman–Crippen LogP) is 7.04. The first-order valence-corrected chi connectivity index (χ1v) is 25.3. The lowest BCUT2D eigenvalue weighted by Gasteiger charge is -2.35. The summed E-state index contributed by atoms with van der Waals surface area (Å²) < 4.78 is 7.76. The molecular formula is C52H68N10O8S. The van der Waals surface area contributed by atoms with Crippen LogP contribution in [0.1, 0.15) is 112 Å². The summed E-state index contributed by atoms with van der Waals surface area (Å²) in [6.07, 6.45) is 6.68. The number of aliphatic hydroxyl groups excluding tert-OH is 1. The minimum absolute atomic E-state index is 0.00694. The second kappa shape index (κ2) is 26.0. The van der Waals surface area contributed by atoms with E-state index in [4.69, 9.17) is 9.94 Å². The van der Waals surface area contributed by atoms with Gasteiger partial charge in [-0.2, -0.15) is 0 Å². The monoisotopic (exact) mass is 992 g/mol. The van der Waals surface area contributed by atoms with Gasteiger partial charge in [0.1, 0.15) is 17.8 Å². The fourth-order valence-electron chi connectivity index (χ4n) is 8.22. The molecule has 0 bridgehead atoms. The van der Waals surface area contributed by atoms with E-state index in [0.717, 1.165) is 58.6 Å². The molecule has 1 aliphatic heterocycles. The molecule has 1 aliphatic rings. The van der Waals surface area contributed by atoms with Crippen molar-refractivity contribution >= 4 is 46.7 Å². The van der Waals surface area contributed by atoms with Crippen LogP contribution in [0.3, 0.4) is 0 Å². The smallest absolute Gasteiger partial charge is 0.322 e. The van der Waals surface area contributed by atoms with Crippen LogP contribution in [0.4, 0.5) is 10.5 Å². The fourth-order valence-corrected chi connectivity index (χ4v) is 9.03. The van der Waals surface area contributed by atoms with Gasteiger partial charge >= 0.3 is 6.03 Å². The highest BCUT2D eigenvalue weighted by Crippen LogP contribution is 2.29. The third kappa shape index (κ3) is 15.9. The molecule has 0 unspecified atom stereocenters. The van der Waals surface area contributed by atoms with Crippen LogP contribution in [0.5, 0.6) is 5.75 Å². The quantitative estimate of drug-likeness (QED) is 0.0208. The molecule has 1 saturated heterocycles. The number of aliphatic hydroxyl groups is 1. The van der Waals surface area contributed by atoms with E-state index in [1.807, 2.05) is 75.8 Å². The zero-order chi connectivity index (χ0) is 50.9. The molecule has 6 N–H and O–H groups in total. The number of benzene rings is 3. The number of carbonyl (C=O) groups excluding carboxylic acids is 5. The van der Waals surface area contributed by atoms with Gasteiger partial charge in [-0.15, -0.1) is 16.4 Å². The first kappa shape index (κ1) is 53.6. The molecule has 6 rings (SSSR count). The Balaban J connectivity index is 0.869. The Labute approximate surface area is 419 Å². The number of ether oxygens (including phenoxy) is 1. The lowest BCUT2D eigenvalue weighted by atomic mass is 9.85. The third-order valence-electron chi connectivity index (χ3n) is 12.3. The van der Waals surface area contributed by atoms with E-state index in [9.17, 15) is 29.1 Å². The minimum Gasteiger partial charge on any atom is -0.494 e. The Morgan fingerprint density at radius 2 is 1.66 bits per heavy atom. The van der Waals surface area contributed by atoms with E-state index in [0.29, 0.717) is 62.5 Å². The average molecular weight is 993 g/mol. The SMILES string of the molecule is CCCCN(Cc1ccc(C(=O)NO)cc1)C(=O)Nc1ccc(OCCCCn2cc(CCCCC(=O)N[C@H](C(=O)N3C[C@H](O)C[C@H]3C(=O)NCc3ccc(-c4scnc4C)cc3)C(C)(C)C)nn2)cc1. The molecule has 6 amide bonds. The van der Waals surface area contributed by atoms with Crippen LogP contribution < -0.4 is 26.2 Å². The third-order valence-corrected chi connectivity index (χ3v) is 13.3. The lowest BCUT2D eigenvalue weighted by Crippen LogP contribution is -2.57. The maximum atomic E-state index is 14.0. The molecule has 18 nitrogen and oxygen atoms in total. The Bertz CT molecular complexity index is 2520. The van der Waals surface area contributed by atoms with Crippen molar-refractivity contribution in [3.8, 4) is 16.2 Å². The van der Waals surface area contributed by atoms with E-state index in [-0.39, 0.29) is 43.8 Å². The first-order valence-electron chi connectivity index (χ1n) is 24.4. The average Bonchev–Trinajstić information content (AvgIpc) is 4.12. The molecule has 19 heteroatoms. The van der Waals surface area contributed by atoms with Gasteiger partial charge in [-0.05, 0) is 104 Å². The van der Waals surface area contributed by atoms with Gasteiger partial charge in [0.05, 0.1) is 34.5 Å². The Morgan fingerprint density at radius 3 is 2.34 bits per heavy atom. The molecular weight excluding hydrogens is 925 g/mol. The van der Waals surface area contributed by atoms with Crippen molar-refractivity contribution in [3.05, 3.63) is 113 Å². The molecule has 380 valence electrons. The lowest BCUT2D eigenvalue weighted by molar-refractivity contribution is -0.144. The minimum atomic E-state index is -0.897. The summed E-state index contributed by atoms with van der Waals surface area (Å²) in [4.78, 5) is 74.2. The van der Waals surface area contributed by atoms with Gasteiger partial charge < -0.3 is 35.6 Å². The molecule has 3 heterocycles. The zero-order valence-corrected chi connectivity index (χ0v) is 42.2. The summed E-state index contributed by atoms with van der Waals surface area (Å²) in [6.45, 7) is 12.0. The Morgan fingerprint density at radius 1 is 0.930 bits per heavy atom. The molecule has 3 aromatic carbocycles. The molecule has 0 saturated carbocycles. The maximum Gasteiger partial charge on any atom is 0.322 e. The van der Waals surface area contributed by atoms with Crippen molar-refractivity contribution in [1.29, 1.82) is 0 Å². The second-order valence-electron chi connectivity index (χ2n) is 19.0. The van der Waals surface area contributed by atoms with E-state index >= 15 is 0 Å². The van der Waals surface area contributed by atoms with Crippen LogP contribution in [0, 0.1) is 12.3 Å². The molecule has 0 radical (unpaired) electrons. The van der Waals surface area contributed by atoms with E-state index in [2.05, 4.69) is 38.2 Å². The summed E-state index contributed by atoms with van der Waals surface area (Å²) in [5.74, 6) is -0.917. The molecule has 71 heavy (non-hydrogen) atoms. The summed E-state index contributed by atoms with van der Waals surface area (Å²) in [7, 11) is 0. The number of likely N-dealkylation sites (tertiary alicyclic amines) is 1. The van der Waals surface area contributed by atoms with Gasteiger partial charge in [-0.3, -0.25) is 29.1 Å². The first-order chi connectivity index (χ1) is 34.1. The van der Waals surface area contributed by atoms with Crippen molar-refractivity contribution in [2.75, 3.05) is 25.0 Å². The number of urea groups is 1. The van der Waals surface area contributed by atoms with Crippen molar-refractivity contribution < 1.29 is 39.0 Å². The maximum absolute atomic E-state index is 14.0. The number of unbranched alkanes of at least 4 members (excludes halogenated alkanes) is 3. The molecule has 3 atom stereocenters. The van der Waals surface area contributed by atoms with E-state index in [1.165, 1.54) is 4.90 Å². The number of thiazole rings is 1. The highest BCUT2D eigenvalue weighted by Gasteiger charge is 2.44. The number of anilines is 1. The van der Waals surface area contributed by atoms with Crippen LogP contribution in [0.25, 0.3) is 10.4 Å². The van der Waals surface area contributed by atoms with E-state index in [1.54, 1.807) is 62.8 Å². The summed E-state index contributed by atoms with van der Waals surface area (Å²) >= 11 is 1.57.